The number of hydrogen-bond donors (Lipinski definition) is 1. The minimum atomic E-state index is 0.726. The monoisotopic (exact) mass is 333 g/mol. The molecule has 1 aromatic carbocycles. The van der Waals surface area contributed by atoms with E-state index in [1.54, 1.807) is 14.2 Å². The van der Waals surface area contributed by atoms with Gasteiger partial charge in [-0.2, -0.15) is 0 Å². The van der Waals surface area contributed by atoms with Gasteiger partial charge in [-0.1, -0.05) is 12.1 Å². The second-order valence-electron chi connectivity index (χ2n) is 5.53. The number of unbranched alkanes of at least 4 members (excludes halogenated alkanes) is 1. The number of aliphatic imine (C=N–C) groups is 1. The van der Waals surface area contributed by atoms with Crippen molar-refractivity contribution in [3.63, 3.8) is 0 Å². The highest BCUT2D eigenvalue weighted by molar-refractivity contribution is 5.79. The van der Waals surface area contributed by atoms with Gasteiger partial charge in [0.15, 0.2) is 17.5 Å². The highest BCUT2D eigenvalue weighted by Crippen LogP contribution is 2.27. The lowest BCUT2D eigenvalue weighted by Gasteiger charge is -2.21. The van der Waals surface area contributed by atoms with Crippen molar-refractivity contribution in [1.82, 2.24) is 10.2 Å². The lowest BCUT2D eigenvalue weighted by molar-refractivity contribution is 0.354. The molecule has 1 rings (SSSR count). The van der Waals surface area contributed by atoms with Gasteiger partial charge >= 0.3 is 0 Å². The molecule has 0 atom stereocenters. The molecule has 5 nitrogen and oxygen atoms in total. The lowest BCUT2D eigenvalue weighted by Crippen LogP contribution is -2.39. The van der Waals surface area contributed by atoms with Crippen molar-refractivity contribution in [2.75, 3.05) is 40.9 Å². The van der Waals surface area contributed by atoms with Crippen molar-refractivity contribution < 1.29 is 9.47 Å². The number of nitrogens with zero attached hydrogens (tertiary/aromatic N) is 2. The largest absolute Gasteiger partial charge is 0.493 e. The Morgan fingerprint density at radius 3 is 2.67 bits per heavy atom. The predicted molar refractivity (Wildman–Crippen MR) is 101 cm³/mol. The van der Waals surface area contributed by atoms with E-state index in [0.29, 0.717) is 0 Å². The van der Waals surface area contributed by atoms with Crippen molar-refractivity contribution in [2.45, 2.75) is 26.2 Å². The normalized spacial score (nSPS) is 11.1. The average molecular weight is 333 g/mol. The van der Waals surface area contributed by atoms with Crippen molar-refractivity contribution >= 4 is 5.96 Å². The second kappa shape index (κ2) is 11.4. The first-order chi connectivity index (χ1) is 11.7. The number of allylic oxidation sites excluding steroid dienone is 1. The van der Waals surface area contributed by atoms with Crippen LogP contribution in [0.3, 0.4) is 0 Å². The van der Waals surface area contributed by atoms with Gasteiger partial charge in [0.05, 0.1) is 14.2 Å². The molecule has 0 saturated heterocycles. The Morgan fingerprint density at radius 2 is 2.04 bits per heavy atom. The van der Waals surface area contributed by atoms with E-state index >= 15 is 0 Å². The number of ether oxygens (including phenoxy) is 2. The third kappa shape index (κ3) is 6.52. The molecular formula is C19H31N3O2. The molecule has 1 N–H and O–H groups in total. The first-order valence-electron chi connectivity index (χ1n) is 8.47. The molecule has 0 amide bonds. The van der Waals surface area contributed by atoms with Crippen LogP contribution < -0.4 is 14.8 Å². The molecule has 0 radical (unpaired) electrons. The predicted octanol–water partition coefficient (Wildman–Crippen LogP) is 3.11. The molecule has 0 saturated carbocycles. The van der Waals surface area contributed by atoms with E-state index in [9.17, 15) is 0 Å². The number of methoxy groups -OCH3 is 2. The Kier molecular flexibility index (Phi) is 9.42. The minimum Gasteiger partial charge on any atom is -0.493 e. The van der Waals surface area contributed by atoms with Gasteiger partial charge in [0.2, 0.25) is 0 Å². The van der Waals surface area contributed by atoms with E-state index < -0.39 is 0 Å². The second-order valence-corrected chi connectivity index (χ2v) is 5.53. The van der Waals surface area contributed by atoms with Crippen LogP contribution in [-0.4, -0.2) is 51.8 Å². The van der Waals surface area contributed by atoms with Gasteiger partial charge < -0.3 is 19.7 Å². The Morgan fingerprint density at radius 1 is 1.29 bits per heavy atom. The van der Waals surface area contributed by atoms with E-state index in [-0.39, 0.29) is 0 Å². The molecule has 0 spiro atoms. The Labute approximate surface area is 146 Å². The average Bonchev–Trinajstić information content (AvgIpc) is 2.60. The molecule has 0 aliphatic rings. The summed E-state index contributed by atoms with van der Waals surface area (Å²) in [6.07, 6.45) is 4.92. The van der Waals surface area contributed by atoms with Crippen molar-refractivity contribution in [3.05, 3.63) is 36.4 Å². The van der Waals surface area contributed by atoms with Crippen molar-refractivity contribution in [1.29, 1.82) is 0 Å². The molecule has 5 heteroatoms. The summed E-state index contributed by atoms with van der Waals surface area (Å²) in [7, 11) is 5.37. The van der Waals surface area contributed by atoms with Gasteiger partial charge in [0.25, 0.3) is 0 Å². The van der Waals surface area contributed by atoms with Crippen molar-refractivity contribution in [2.24, 2.45) is 4.99 Å². The zero-order valence-corrected chi connectivity index (χ0v) is 15.5. The van der Waals surface area contributed by atoms with Crippen LogP contribution in [0.1, 0.15) is 25.3 Å². The number of benzene rings is 1. The maximum atomic E-state index is 5.35. The zero-order valence-electron chi connectivity index (χ0n) is 15.5. The van der Waals surface area contributed by atoms with Gasteiger partial charge in [-0.15, -0.1) is 6.58 Å². The van der Waals surface area contributed by atoms with E-state index in [1.165, 1.54) is 5.56 Å². The standard InChI is InChI=1S/C19H31N3O2/c1-6-8-9-14-22(3)19(20-7-2)21-13-12-16-10-11-17(23-4)18(15-16)24-5/h6,10-11,15H,1,7-9,12-14H2,2-5H3,(H,20,21). The van der Waals surface area contributed by atoms with Crippen LogP contribution in [0.15, 0.2) is 35.8 Å². The van der Waals surface area contributed by atoms with Gasteiger partial charge in [-0.3, -0.25) is 4.99 Å². The summed E-state index contributed by atoms with van der Waals surface area (Å²) in [5.74, 6) is 2.45. The zero-order chi connectivity index (χ0) is 17.8. The van der Waals surface area contributed by atoms with Gasteiger partial charge in [-0.25, -0.2) is 0 Å². The van der Waals surface area contributed by atoms with Crippen LogP contribution in [0.2, 0.25) is 0 Å². The fraction of sp³-hybridized carbons (Fsp3) is 0.526. The molecule has 1 aromatic rings. The van der Waals surface area contributed by atoms with Gasteiger partial charge in [0.1, 0.15) is 0 Å². The molecule has 24 heavy (non-hydrogen) atoms. The van der Waals surface area contributed by atoms with Crippen LogP contribution >= 0.6 is 0 Å². The van der Waals surface area contributed by atoms with Gasteiger partial charge in [0, 0.05) is 26.7 Å². The smallest absolute Gasteiger partial charge is 0.193 e. The Bertz CT molecular complexity index is 529. The first-order valence-corrected chi connectivity index (χ1v) is 8.47. The quantitative estimate of drug-likeness (QED) is 0.309. The lowest BCUT2D eigenvalue weighted by atomic mass is 10.1. The summed E-state index contributed by atoms with van der Waals surface area (Å²) in [5, 5.41) is 3.34. The molecule has 0 aliphatic carbocycles. The Hall–Kier alpha value is -2.17. The van der Waals surface area contributed by atoms with Crippen LogP contribution in [0, 0.1) is 0 Å². The molecule has 0 fully saturated rings. The van der Waals surface area contributed by atoms with Gasteiger partial charge in [-0.05, 0) is 43.9 Å². The number of nitrogens with one attached hydrogen (secondary N) is 1. The molecule has 0 bridgehead atoms. The highest BCUT2D eigenvalue weighted by atomic mass is 16.5. The minimum absolute atomic E-state index is 0.726. The molecule has 134 valence electrons. The molecule has 0 unspecified atom stereocenters. The first kappa shape index (κ1) is 19.9. The fourth-order valence-corrected chi connectivity index (χ4v) is 2.38. The Balaban J connectivity index is 2.64. The van der Waals surface area contributed by atoms with Crippen molar-refractivity contribution in [3.8, 4) is 11.5 Å². The van der Waals surface area contributed by atoms with E-state index in [2.05, 4.69) is 36.8 Å². The fourth-order valence-electron chi connectivity index (χ4n) is 2.38. The third-order valence-corrected chi connectivity index (χ3v) is 3.71. The van der Waals surface area contributed by atoms with Crippen LogP contribution in [0.25, 0.3) is 0 Å². The summed E-state index contributed by atoms with van der Waals surface area (Å²) in [5.41, 5.74) is 1.18. The summed E-state index contributed by atoms with van der Waals surface area (Å²) < 4.78 is 10.6. The van der Waals surface area contributed by atoms with E-state index in [4.69, 9.17) is 14.5 Å². The maximum absolute atomic E-state index is 5.35. The number of guanidine groups is 1. The summed E-state index contributed by atoms with van der Waals surface area (Å²) in [6.45, 7) is 8.40. The molecule has 0 aliphatic heterocycles. The highest BCUT2D eigenvalue weighted by Gasteiger charge is 2.06. The summed E-state index contributed by atoms with van der Waals surface area (Å²) >= 11 is 0. The van der Waals surface area contributed by atoms with E-state index in [1.807, 2.05) is 18.2 Å². The van der Waals surface area contributed by atoms with Crippen LogP contribution in [0.4, 0.5) is 0 Å². The topological polar surface area (TPSA) is 46.1 Å². The molecule has 0 heterocycles. The maximum Gasteiger partial charge on any atom is 0.193 e. The summed E-state index contributed by atoms with van der Waals surface area (Å²) in [6, 6.07) is 6.00. The molecule has 0 aromatic heterocycles. The third-order valence-electron chi connectivity index (χ3n) is 3.71. The van der Waals surface area contributed by atoms with E-state index in [0.717, 1.165) is 56.4 Å². The number of hydrogen-bond acceptors (Lipinski definition) is 3. The van der Waals surface area contributed by atoms with Crippen LogP contribution in [-0.2, 0) is 6.42 Å². The van der Waals surface area contributed by atoms with Crippen LogP contribution in [0.5, 0.6) is 11.5 Å². The SMILES string of the molecule is C=CCCCN(C)C(=NCCc1ccc(OC)c(OC)c1)NCC. The molecular weight excluding hydrogens is 302 g/mol. The number of rotatable bonds is 10. The summed E-state index contributed by atoms with van der Waals surface area (Å²) in [4.78, 5) is 6.89.